The molecule has 0 aliphatic carbocycles. The molecule has 5 rings (SSSR count). The Bertz CT molecular complexity index is 1220. The second kappa shape index (κ2) is 11.0. The van der Waals surface area contributed by atoms with Crippen LogP contribution < -0.4 is 25.8 Å². The zero-order valence-electron chi connectivity index (χ0n) is 20.6. The van der Waals surface area contributed by atoms with Crippen LogP contribution in [0.15, 0.2) is 66.9 Å². The van der Waals surface area contributed by atoms with Crippen molar-refractivity contribution in [1.82, 2.24) is 15.6 Å². The second-order valence-corrected chi connectivity index (χ2v) is 10.0. The van der Waals surface area contributed by atoms with E-state index in [0.29, 0.717) is 5.88 Å². The van der Waals surface area contributed by atoms with E-state index in [4.69, 9.17) is 26.8 Å². The zero-order valence-corrected chi connectivity index (χ0v) is 21.4. The first kappa shape index (κ1) is 24.8. The number of aromatic nitrogens is 1. The van der Waals surface area contributed by atoms with Crippen LogP contribution >= 0.6 is 11.6 Å². The SMILES string of the molecule is COc1cccc2c1CC(=CCCC1(N)CCNC(c3ccc(Cl)cc3)NCC1)c1cccnc1O2. The van der Waals surface area contributed by atoms with Gasteiger partial charge in [0.15, 0.2) is 0 Å². The summed E-state index contributed by atoms with van der Waals surface area (Å²) in [6, 6.07) is 17.9. The van der Waals surface area contributed by atoms with Crippen LogP contribution in [0.1, 0.15) is 48.5 Å². The normalized spacial score (nSPS) is 23.0. The Morgan fingerprint density at radius 3 is 2.64 bits per heavy atom. The van der Waals surface area contributed by atoms with Crippen LogP contribution in [0, 0.1) is 0 Å². The Labute approximate surface area is 217 Å². The molecule has 1 aromatic heterocycles. The number of nitrogens with one attached hydrogen (secondary N) is 2. The van der Waals surface area contributed by atoms with E-state index in [2.05, 4.69) is 39.9 Å². The lowest BCUT2D eigenvalue weighted by Crippen LogP contribution is -2.49. The van der Waals surface area contributed by atoms with Gasteiger partial charge in [0.2, 0.25) is 5.88 Å². The van der Waals surface area contributed by atoms with Crippen molar-refractivity contribution in [2.45, 2.75) is 43.8 Å². The van der Waals surface area contributed by atoms with Crippen LogP contribution in [-0.4, -0.2) is 30.7 Å². The predicted molar refractivity (Wildman–Crippen MR) is 145 cm³/mol. The van der Waals surface area contributed by atoms with Crippen molar-refractivity contribution < 1.29 is 9.47 Å². The van der Waals surface area contributed by atoms with E-state index >= 15 is 0 Å². The molecule has 1 fully saturated rings. The number of nitrogens with zero attached hydrogens (tertiary/aromatic N) is 1. The van der Waals surface area contributed by atoms with Crippen LogP contribution in [0.3, 0.4) is 0 Å². The summed E-state index contributed by atoms with van der Waals surface area (Å²) in [7, 11) is 1.70. The smallest absolute Gasteiger partial charge is 0.226 e. The first-order valence-electron chi connectivity index (χ1n) is 12.5. The van der Waals surface area contributed by atoms with Gasteiger partial charge in [-0.05, 0) is 86.3 Å². The van der Waals surface area contributed by atoms with E-state index < -0.39 is 0 Å². The largest absolute Gasteiger partial charge is 0.496 e. The van der Waals surface area contributed by atoms with Crippen LogP contribution in [0.5, 0.6) is 17.4 Å². The predicted octanol–water partition coefficient (Wildman–Crippen LogP) is 5.62. The highest BCUT2D eigenvalue weighted by Crippen LogP contribution is 2.41. The first-order valence-corrected chi connectivity index (χ1v) is 12.9. The van der Waals surface area contributed by atoms with Crippen molar-refractivity contribution in [3.8, 4) is 17.4 Å². The minimum absolute atomic E-state index is 0.110. The number of fused-ring (bicyclic) bond motifs is 2. The fourth-order valence-electron chi connectivity index (χ4n) is 5.10. The van der Waals surface area contributed by atoms with Gasteiger partial charge in [0.1, 0.15) is 11.5 Å². The van der Waals surface area contributed by atoms with Crippen LogP contribution in [-0.2, 0) is 6.42 Å². The van der Waals surface area contributed by atoms with Gasteiger partial charge in [-0.1, -0.05) is 35.9 Å². The summed E-state index contributed by atoms with van der Waals surface area (Å²) in [5, 5.41) is 7.97. The van der Waals surface area contributed by atoms with Crippen molar-refractivity contribution in [3.05, 3.63) is 88.6 Å². The highest BCUT2D eigenvalue weighted by Gasteiger charge is 2.27. The van der Waals surface area contributed by atoms with Gasteiger partial charge in [-0.15, -0.1) is 0 Å². The monoisotopic (exact) mass is 504 g/mol. The summed E-state index contributed by atoms with van der Waals surface area (Å²) in [5.41, 5.74) is 11.1. The van der Waals surface area contributed by atoms with Crippen molar-refractivity contribution in [2.24, 2.45) is 5.73 Å². The zero-order chi connectivity index (χ0) is 25.0. The first-order chi connectivity index (χ1) is 17.5. The Morgan fingerprint density at radius 1 is 1.11 bits per heavy atom. The number of hydrogen-bond acceptors (Lipinski definition) is 6. The Hall–Kier alpha value is -2.90. The maximum absolute atomic E-state index is 6.91. The summed E-state index contributed by atoms with van der Waals surface area (Å²) in [6.07, 6.45) is 8.52. The van der Waals surface area contributed by atoms with E-state index in [9.17, 15) is 0 Å². The molecule has 0 spiro atoms. The number of nitrogens with two attached hydrogens (primary N) is 1. The van der Waals surface area contributed by atoms with Gasteiger partial charge in [-0.2, -0.15) is 0 Å². The molecule has 0 radical (unpaired) electrons. The molecule has 3 aromatic rings. The molecule has 4 N–H and O–H groups in total. The maximum atomic E-state index is 6.91. The van der Waals surface area contributed by atoms with Gasteiger partial charge < -0.3 is 15.2 Å². The lowest BCUT2D eigenvalue weighted by molar-refractivity contribution is 0.279. The molecule has 0 bridgehead atoms. The lowest BCUT2D eigenvalue weighted by Gasteiger charge is -2.34. The molecule has 3 heterocycles. The summed E-state index contributed by atoms with van der Waals surface area (Å²) in [5.74, 6) is 2.25. The van der Waals surface area contributed by atoms with Crippen LogP contribution in [0.4, 0.5) is 0 Å². The minimum atomic E-state index is -0.239. The van der Waals surface area contributed by atoms with Gasteiger partial charge in [-0.3, -0.25) is 10.6 Å². The average Bonchev–Trinajstić information content (AvgIpc) is 3.03. The molecule has 0 saturated carbocycles. The molecule has 2 aromatic carbocycles. The van der Waals surface area contributed by atoms with Gasteiger partial charge >= 0.3 is 0 Å². The molecular weight excluding hydrogens is 472 g/mol. The molecule has 0 amide bonds. The number of benzene rings is 2. The number of ether oxygens (including phenoxy) is 2. The topological polar surface area (TPSA) is 81.4 Å². The quantitative estimate of drug-likeness (QED) is 0.418. The van der Waals surface area contributed by atoms with Crippen molar-refractivity contribution in [1.29, 1.82) is 0 Å². The highest BCUT2D eigenvalue weighted by molar-refractivity contribution is 6.30. The highest BCUT2D eigenvalue weighted by atomic mass is 35.5. The summed E-state index contributed by atoms with van der Waals surface area (Å²) >= 11 is 6.05. The maximum Gasteiger partial charge on any atom is 0.226 e. The molecule has 2 aliphatic rings. The third kappa shape index (κ3) is 5.57. The molecule has 7 heteroatoms. The summed E-state index contributed by atoms with van der Waals surface area (Å²) in [6.45, 7) is 1.69. The fraction of sp³-hybridized carbons (Fsp3) is 0.345. The van der Waals surface area contributed by atoms with Crippen molar-refractivity contribution in [2.75, 3.05) is 20.2 Å². The van der Waals surface area contributed by atoms with E-state index in [1.165, 1.54) is 11.1 Å². The molecule has 36 heavy (non-hydrogen) atoms. The minimum Gasteiger partial charge on any atom is -0.496 e. The van der Waals surface area contributed by atoms with E-state index in [1.54, 1.807) is 13.3 Å². The molecule has 1 saturated heterocycles. The Balaban J connectivity index is 1.28. The Morgan fingerprint density at radius 2 is 1.89 bits per heavy atom. The van der Waals surface area contributed by atoms with Crippen LogP contribution in [0.2, 0.25) is 5.02 Å². The average molecular weight is 505 g/mol. The standard InChI is InChI=1S/C29H33ClN4O2/c1-35-25-7-2-8-26-24(25)19-21(23-6-4-16-34-28(23)36-26)5-3-13-29(31)14-17-32-27(33-18-15-29)20-9-11-22(30)12-10-20/h2,4-12,16,27,32-33H,3,13-15,17-19,31H2,1H3. The number of allylic oxidation sites excluding steroid dienone is 2. The number of pyridine rings is 1. The third-order valence-electron chi connectivity index (χ3n) is 7.18. The van der Waals surface area contributed by atoms with Crippen molar-refractivity contribution >= 4 is 17.2 Å². The number of hydrogen-bond donors (Lipinski definition) is 3. The Kier molecular flexibility index (Phi) is 7.58. The van der Waals surface area contributed by atoms with Gasteiger partial charge in [0.25, 0.3) is 0 Å². The molecule has 2 aliphatic heterocycles. The van der Waals surface area contributed by atoms with Gasteiger partial charge in [0.05, 0.1) is 13.3 Å². The molecule has 188 valence electrons. The van der Waals surface area contributed by atoms with E-state index in [-0.39, 0.29) is 11.7 Å². The lowest BCUT2D eigenvalue weighted by atomic mass is 9.85. The molecule has 0 unspecified atom stereocenters. The third-order valence-corrected chi connectivity index (χ3v) is 7.43. The van der Waals surface area contributed by atoms with E-state index in [0.717, 1.165) is 72.8 Å². The second-order valence-electron chi connectivity index (χ2n) is 9.60. The van der Waals surface area contributed by atoms with Crippen LogP contribution in [0.25, 0.3) is 5.57 Å². The molecular formula is C29H33ClN4O2. The fourth-order valence-corrected chi connectivity index (χ4v) is 5.22. The van der Waals surface area contributed by atoms with Crippen molar-refractivity contribution in [3.63, 3.8) is 0 Å². The number of methoxy groups -OCH3 is 1. The summed E-state index contributed by atoms with van der Waals surface area (Å²) in [4.78, 5) is 4.50. The molecule has 0 atom stereocenters. The van der Waals surface area contributed by atoms with Gasteiger partial charge in [-0.25, -0.2) is 4.98 Å². The molecule has 6 nitrogen and oxygen atoms in total. The summed E-state index contributed by atoms with van der Waals surface area (Å²) < 4.78 is 11.8. The number of halogens is 1. The number of rotatable bonds is 5. The van der Waals surface area contributed by atoms with Gasteiger partial charge in [0, 0.05) is 34.3 Å². The van der Waals surface area contributed by atoms with E-state index in [1.807, 2.05) is 36.4 Å².